The number of morpholine rings is 1. The Kier molecular flexibility index (Phi) is 5.16. The van der Waals surface area contributed by atoms with E-state index in [-0.39, 0.29) is 11.4 Å². The highest BCUT2D eigenvalue weighted by Crippen LogP contribution is 2.15. The van der Waals surface area contributed by atoms with E-state index in [0.29, 0.717) is 37.8 Å². The Morgan fingerprint density at radius 3 is 2.62 bits per heavy atom. The number of hydrogen-bond acceptors (Lipinski definition) is 7. The van der Waals surface area contributed by atoms with Crippen molar-refractivity contribution in [1.29, 1.82) is 0 Å². The van der Waals surface area contributed by atoms with E-state index < -0.39 is 17.2 Å². The van der Waals surface area contributed by atoms with E-state index in [1.807, 2.05) is 4.90 Å². The number of rotatable bonds is 4. The van der Waals surface area contributed by atoms with Gasteiger partial charge in [-0.25, -0.2) is 19.3 Å². The second-order valence-corrected chi connectivity index (χ2v) is 6.30. The summed E-state index contributed by atoms with van der Waals surface area (Å²) >= 11 is 0. The Hall–Kier alpha value is -3.79. The van der Waals surface area contributed by atoms with Crippen LogP contribution in [0.5, 0.6) is 0 Å². The number of aromatic nitrogens is 4. The summed E-state index contributed by atoms with van der Waals surface area (Å²) in [6.45, 7) is 2.57. The van der Waals surface area contributed by atoms with Crippen LogP contribution >= 0.6 is 0 Å². The minimum absolute atomic E-state index is 0.208. The van der Waals surface area contributed by atoms with E-state index in [1.54, 1.807) is 36.4 Å². The van der Waals surface area contributed by atoms with Crippen LogP contribution in [-0.4, -0.2) is 51.7 Å². The quantitative estimate of drug-likeness (QED) is 0.657. The van der Waals surface area contributed by atoms with Gasteiger partial charge < -0.3 is 19.9 Å². The van der Waals surface area contributed by atoms with Crippen molar-refractivity contribution in [3.05, 3.63) is 75.3 Å². The zero-order valence-corrected chi connectivity index (χ0v) is 15.4. The molecule has 0 spiro atoms. The summed E-state index contributed by atoms with van der Waals surface area (Å²) < 4.78 is 6.23. The molecular formula is C19H18N6O4. The largest absolute Gasteiger partial charge is 0.378 e. The number of amides is 1. The molecule has 10 nitrogen and oxygen atoms in total. The van der Waals surface area contributed by atoms with Crippen molar-refractivity contribution in [2.45, 2.75) is 0 Å². The molecule has 0 unspecified atom stereocenters. The summed E-state index contributed by atoms with van der Waals surface area (Å²) in [5, 5.41) is 2.59. The van der Waals surface area contributed by atoms with Gasteiger partial charge in [0, 0.05) is 25.4 Å². The van der Waals surface area contributed by atoms with Gasteiger partial charge in [-0.05, 0) is 12.1 Å². The fourth-order valence-electron chi connectivity index (χ4n) is 3.01. The van der Waals surface area contributed by atoms with E-state index >= 15 is 0 Å². The number of para-hydroxylation sites is 1. The van der Waals surface area contributed by atoms with Crippen LogP contribution < -0.4 is 21.5 Å². The second kappa shape index (κ2) is 8.07. The van der Waals surface area contributed by atoms with E-state index in [9.17, 15) is 14.4 Å². The van der Waals surface area contributed by atoms with Gasteiger partial charge in [-0.2, -0.15) is 0 Å². The lowest BCUT2D eigenvalue weighted by molar-refractivity contribution is 0.102. The van der Waals surface area contributed by atoms with Crippen molar-refractivity contribution < 1.29 is 9.53 Å². The lowest BCUT2D eigenvalue weighted by atomic mass is 10.2. The van der Waals surface area contributed by atoms with Gasteiger partial charge in [0.15, 0.2) is 0 Å². The third-order valence-corrected chi connectivity index (χ3v) is 4.46. The molecule has 0 radical (unpaired) electrons. The molecule has 1 aliphatic rings. The highest BCUT2D eigenvalue weighted by atomic mass is 16.5. The Balaban J connectivity index is 1.61. The number of carbonyl (C=O) groups is 1. The van der Waals surface area contributed by atoms with Crippen LogP contribution in [-0.2, 0) is 4.74 Å². The van der Waals surface area contributed by atoms with Gasteiger partial charge in [-0.15, -0.1) is 0 Å². The minimum atomic E-state index is -0.722. The highest BCUT2D eigenvalue weighted by Gasteiger charge is 2.18. The highest BCUT2D eigenvalue weighted by molar-refractivity contribution is 6.03. The summed E-state index contributed by atoms with van der Waals surface area (Å²) in [4.78, 5) is 50.3. The fourth-order valence-corrected chi connectivity index (χ4v) is 3.01. The molecule has 10 heteroatoms. The van der Waals surface area contributed by atoms with Gasteiger partial charge in [0.05, 0.1) is 18.9 Å². The topological polar surface area (TPSA) is 122 Å². The van der Waals surface area contributed by atoms with Crippen LogP contribution in [0.1, 0.15) is 10.4 Å². The monoisotopic (exact) mass is 394 g/mol. The fraction of sp³-hybridized carbons (Fsp3) is 0.211. The number of ether oxygens (including phenoxy) is 1. The molecule has 0 saturated carbocycles. The Bertz CT molecular complexity index is 1140. The molecule has 29 heavy (non-hydrogen) atoms. The van der Waals surface area contributed by atoms with Crippen LogP contribution in [0.15, 0.2) is 58.5 Å². The third kappa shape index (κ3) is 3.92. The Labute approximate surface area is 164 Å². The summed E-state index contributed by atoms with van der Waals surface area (Å²) in [6, 6.07) is 10.0. The minimum Gasteiger partial charge on any atom is -0.378 e. The normalized spacial score (nSPS) is 13.9. The van der Waals surface area contributed by atoms with Crippen molar-refractivity contribution in [2.75, 3.05) is 36.5 Å². The molecule has 1 aromatic carbocycles. The summed E-state index contributed by atoms with van der Waals surface area (Å²) in [5.41, 5.74) is -1.20. The van der Waals surface area contributed by atoms with E-state index in [0.717, 1.165) is 10.8 Å². The maximum atomic E-state index is 12.8. The Morgan fingerprint density at radius 1 is 1.10 bits per heavy atom. The number of carbonyl (C=O) groups excluding carboxylic acids is 1. The van der Waals surface area contributed by atoms with Crippen molar-refractivity contribution in [2.24, 2.45) is 0 Å². The van der Waals surface area contributed by atoms with Gasteiger partial charge in [-0.3, -0.25) is 9.59 Å². The summed E-state index contributed by atoms with van der Waals surface area (Å²) in [5.74, 6) is 0.229. The number of H-pyrrole nitrogens is 1. The van der Waals surface area contributed by atoms with Gasteiger partial charge >= 0.3 is 5.69 Å². The van der Waals surface area contributed by atoms with E-state index in [2.05, 4.69) is 20.3 Å². The second-order valence-electron chi connectivity index (χ2n) is 6.30. The first kappa shape index (κ1) is 18.6. The average molecular weight is 394 g/mol. The lowest BCUT2D eigenvalue weighted by Gasteiger charge is -2.27. The van der Waals surface area contributed by atoms with Gasteiger partial charge in [0.2, 0.25) is 0 Å². The van der Waals surface area contributed by atoms with Crippen molar-refractivity contribution in [3.8, 4) is 5.69 Å². The number of hydrogen-bond donors (Lipinski definition) is 2. The number of aromatic amines is 1. The average Bonchev–Trinajstić information content (AvgIpc) is 2.75. The van der Waals surface area contributed by atoms with Crippen LogP contribution in [0, 0.1) is 0 Å². The molecule has 0 bridgehead atoms. The van der Waals surface area contributed by atoms with Crippen LogP contribution in [0.4, 0.5) is 11.6 Å². The molecule has 1 amide bonds. The molecule has 0 aliphatic carbocycles. The Morgan fingerprint density at radius 2 is 1.86 bits per heavy atom. The molecule has 1 fully saturated rings. The smallest absolute Gasteiger partial charge is 0.333 e. The molecule has 2 N–H and O–H groups in total. The molecule has 0 atom stereocenters. The van der Waals surface area contributed by atoms with Gasteiger partial charge in [0.25, 0.3) is 11.5 Å². The molecule has 1 aliphatic heterocycles. The lowest BCUT2D eigenvalue weighted by Crippen LogP contribution is -2.38. The van der Waals surface area contributed by atoms with E-state index in [1.165, 1.54) is 6.33 Å². The SMILES string of the molecule is O=C(Nc1cc(N2CCOCC2)ncn1)c1c[nH]c(=O)n(-c2ccccc2)c1=O. The number of nitrogens with one attached hydrogen (secondary N) is 2. The first-order valence-electron chi connectivity index (χ1n) is 9.00. The maximum absolute atomic E-state index is 12.8. The van der Waals surface area contributed by atoms with Crippen molar-refractivity contribution >= 4 is 17.5 Å². The van der Waals surface area contributed by atoms with Crippen LogP contribution in [0.25, 0.3) is 5.69 Å². The zero-order chi connectivity index (χ0) is 20.2. The molecule has 3 heterocycles. The van der Waals surface area contributed by atoms with Gasteiger partial charge in [0.1, 0.15) is 23.5 Å². The number of anilines is 2. The standard InChI is InChI=1S/C19H18N6O4/c26-17(23-15-10-16(22-12-21-15)24-6-8-29-9-7-24)14-11-20-19(28)25(18(14)27)13-4-2-1-3-5-13/h1-5,10-12H,6-9H2,(H,20,28)(H,21,22,23,26). The number of benzene rings is 1. The van der Waals surface area contributed by atoms with Gasteiger partial charge in [-0.1, -0.05) is 18.2 Å². The molecular weight excluding hydrogens is 376 g/mol. The maximum Gasteiger partial charge on any atom is 0.333 e. The van der Waals surface area contributed by atoms with Crippen LogP contribution in [0.3, 0.4) is 0 Å². The first-order chi connectivity index (χ1) is 14.1. The molecule has 3 aromatic rings. The van der Waals surface area contributed by atoms with Crippen molar-refractivity contribution in [1.82, 2.24) is 19.5 Å². The predicted octanol–water partition coefficient (Wildman–Crippen LogP) is 0.405. The molecule has 148 valence electrons. The third-order valence-electron chi connectivity index (χ3n) is 4.46. The number of nitrogens with zero attached hydrogens (tertiary/aromatic N) is 4. The molecule has 1 saturated heterocycles. The molecule has 4 rings (SSSR count). The summed E-state index contributed by atoms with van der Waals surface area (Å²) in [7, 11) is 0. The first-order valence-corrected chi connectivity index (χ1v) is 9.00. The zero-order valence-electron chi connectivity index (χ0n) is 15.4. The molecule has 2 aromatic heterocycles. The summed E-state index contributed by atoms with van der Waals surface area (Å²) in [6.07, 6.45) is 2.44. The predicted molar refractivity (Wildman–Crippen MR) is 106 cm³/mol. The van der Waals surface area contributed by atoms with E-state index in [4.69, 9.17) is 4.74 Å². The van der Waals surface area contributed by atoms with Crippen LogP contribution in [0.2, 0.25) is 0 Å². The van der Waals surface area contributed by atoms with Crippen molar-refractivity contribution in [3.63, 3.8) is 0 Å².